The fourth-order valence-electron chi connectivity index (χ4n) is 1.82. The van der Waals surface area contributed by atoms with Crippen molar-refractivity contribution in [3.63, 3.8) is 0 Å². The van der Waals surface area contributed by atoms with Crippen molar-refractivity contribution >= 4 is 11.4 Å². The van der Waals surface area contributed by atoms with E-state index in [1.54, 1.807) is 6.07 Å². The second-order valence-electron chi connectivity index (χ2n) is 4.45. The molecule has 0 amide bonds. The summed E-state index contributed by atoms with van der Waals surface area (Å²) in [6.07, 6.45) is 1.21. The highest BCUT2D eigenvalue weighted by Crippen LogP contribution is 2.37. The Labute approximate surface area is 99.2 Å². The first-order valence-electron chi connectivity index (χ1n) is 5.54. The Balaban J connectivity index is 2.11. The Kier molecular flexibility index (Phi) is 2.96. The number of non-ortho nitro benzene ring substituents is 1. The van der Waals surface area contributed by atoms with Gasteiger partial charge in [0, 0.05) is 18.7 Å². The van der Waals surface area contributed by atoms with Gasteiger partial charge in [0.15, 0.2) is 0 Å². The van der Waals surface area contributed by atoms with E-state index >= 15 is 0 Å². The normalized spacial score (nSPS) is 21.6. The van der Waals surface area contributed by atoms with Crippen LogP contribution in [-0.2, 0) is 0 Å². The van der Waals surface area contributed by atoms with Gasteiger partial charge in [0.2, 0.25) is 0 Å². The van der Waals surface area contributed by atoms with E-state index in [-0.39, 0.29) is 5.69 Å². The Bertz CT molecular complexity index is 493. The van der Waals surface area contributed by atoms with E-state index in [4.69, 9.17) is 5.26 Å². The first-order valence-corrected chi connectivity index (χ1v) is 5.54. The lowest BCUT2D eigenvalue weighted by Crippen LogP contribution is -2.06. The molecule has 88 valence electrons. The molecule has 1 fully saturated rings. The molecule has 17 heavy (non-hydrogen) atoms. The smallest absolute Gasteiger partial charge is 0.270 e. The summed E-state index contributed by atoms with van der Waals surface area (Å²) in [5, 5.41) is 22.7. The second-order valence-corrected chi connectivity index (χ2v) is 4.45. The molecule has 0 bridgehead atoms. The number of rotatable bonds is 4. The summed E-state index contributed by atoms with van der Waals surface area (Å²) in [6, 6.07) is 6.30. The maximum Gasteiger partial charge on any atom is 0.270 e. The number of hydrogen-bond donors (Lipinski definition) is 1. The second kappa shape index (κ2) is 4.42. The lowest BCUT2D eigenvalue weighted by Gasteiger charge is -2.07. The Morgan fingerprint density at radius 3 is 2.88 bits per heavy atom. The van der Waals surface area contributed by atoms with Crippen molar-refractivity contribution in [3.8, 4) is 6.07 Å². The van der Waals surface area contributed by atoms with Crippen LogP contribution in [0.2, 0.25) is 0 Å². The van der Waals surface area contributed by atoms with Crippen LogP contribution in [0.5, 0.6) is 0 Å². The Morgan fingerprint density at radius 2 is 2.35 bits per heavy atom. The lowest BCUT2D eigenvalue weighted by atomic mass is 10.1. The molecule has 1 aromatic carbocycles. The van der Waals surface area contributed by atoms with Gasteiger partial charge in [-0.2, -0.15) is 5.26 Å². The van der Waals surface area contributed by atoms with Gasteiger partial charge < -0.3 is 5.32 Å². The molecule has 0 aliphatic heterocycles. The van der Waals surface area contributed by atoms with Gasteiger partial charge in [-0.05, 0) is 24.3 Å². The van der Waals surface area contributed by atoms with Crippen molar-refractivity contribution in [2.24, 2.45) is 11.8 Å². The predicted octanol–water partition coefficient (Wildman–Crippen LogP) is 2.53. The highest BCUT2D eigenvalue weighted by atomic mass is 16.6. The fourth-order valence-corrected chi connectivity index (χ4v) is 1.82. The Morgan fingerprint density at radius 1 is 1.65 bits per heavy atom. The average molecular weight is 231 g/mol. The van der Waals surface area contributed by atoms with Crippen LogP contribution in [0.15, 0.2) is 18.2 Å². The zero-order valence-corrected chi connectivity index (χ0v) is 9.51. The molecular weight excluding hydrogens is 218 g/mol. The van der Waals surface area contributed by atoms with Crippen LogP contribution in [0.25, 0.3) is 0 Å². The monoisotopic (exact) mass is 231 g/mol. The van der Waals surface area contributed by atoms with Crippen LogP contribution < -0.4 is 5.32 Å². The Hall–Kier alpha value is -2.09. The van der Waals surface area contributed by atoms with E-state index in [9.17, 15) is 10.1 Å². The fraction of sp³-hybridized carbons (Fsp3) is 0.417. The van der Waals surface area contributed by atoms with E-state index in [0.29, 0.717) is 17.2 Å². The predicted molar refractivity (Wildman–Crippen MR) is 63.6 cm³/mol. The number of nitriles is 1. The highest BCUT2D eigenvalue weighted by molar-refractivity contribution is 5.61. The lowest BCUT2D eigenvalue weighted by molar-refractivity contribution is -0.384. The third-order valence-electron chi connectivity index (χ3n) is 3.17. The van der Waals surface area contributed by atoms with Crippen molar-refractivity contribution in [2.75, 3.05) is 11.9 Å². The summed E-state index contributed by atoms with van der Waals surface area (Å²) in [7, 11) is 0. The third-order valence-corrected chi connectivity index (χ3v) is 3.17. The van der Waals surface area contributed by atoms with Crippen LogP contribution in [0, 0.1) is 33.3 Å². The number of nitro groups is 1. The van der Waals surface area contributed by atoms with Gasteiger partial charge in [-0.25, -0.2) is 0 Å². The zero-order valence-electron chi connectivity index (χ0n) is 9.51. The first kappa shape index (κ1) is 11.4. The van der Waals surface area contributed by atoms with Gasteiger partial charge in [-0.3, -0.25) is 10.1 Å². The molecule has 2 atom stereocenters. The van der Waals surface area contributed by atoms with E-state index in [1.807, 2.05) is 6.07 Å². The topological polar surface area (TPSA) is 79.0 Å². The zero-order chi connectivity index (χ0) is 12.4. The van der Waals surface area contributed by atoms with Gasteiger partial charge in [-0.1, -0.05) is 6.92 Å². The molecule has 1 N–H and O–H groups in total. The van der Waals surface area contributed by atoms with Crippen molar-refractivity contribution in [1.82, 2.24) is 0 Å². The number of hydrogen-bond acceptors (Lipinski definition) is 4. The van der Waals surface area contributed by atoms with E-state index in [0.717, 1.165) is 12.5 Å². The summed E-state index contributed by atoms with van der Waals surface area (Å²) >= 11 is 0. The van der Waals surface area contributed by atoms with Gasteiger partial charge >= 0.3 is 0 Å². The van der Waals surface area contributed by atoms with Gasteiger partial charge in [0.05, 0.1) is 16.2 Å². The minimum absolute atomic E-state index is 0.0492. The van der Waals surface area contributed by atoms with Gasteiger partial charge in [0.25, 0.3) is 5.69 Å². The minimum atomic E-state index is -0.492. The first-order chi connectivity index (χ1) is 8.11. The standard InChI is InChI=1S/C12H13N3O2/c1-8-4-10(8)7-14-12-3-2-11(15(16)17)5-9(12)6-13/h2-3,5,8,10,14H,4,7H2,1H3. The molecule has 5 heteroatoms. The molecule has 1 aliphatic rings. The van der Waals surface area contributed by atoms with E-state index in [2.05, 4.69) is 12.2 Å². The molecule has 1 saturated carbocycles. The van der Waals surface area contributed by atoms with Crippen molar-refractivity contribution in [2.45, 2.75) is 13.3 Å². The number of nitrogens with one attached hydrogen (secondary N) is 1. The quantitative estimate of drug-likeness (QED) is 0.637. The molecule has 2 rings (SSSR count). The maximum absolute atomic E-state index is 10.6. The summed E-state index contributed by atoms with van der Waals surface area (Å²) < 4.78 is 0. The summed E-state index contributed by atoms with van der Waals surface area (Å²) in [5.41, 5.74) is 0.955. The van der Waals surface area contributed by atoms with Crippen LogP contribution in [0.3, 0.4) is 0 Å². The number of nitro benzene ring substituents is 1. The molecule has 0 radical (unpaired) electrons. The maximum atomic E-state index is 10.6. The van der Waals surface area contributed by atoms with E-state index in [1.165, 1.54) is 18.6 Å². The van der Waals surface area contributed by atoms with Crippen LogP contribution in [0.1, 0.15) is 18.9 Å². The van der Waals surface area contributed by atoms with Crippen molar-refractivity contribution in [3.05, 3.63) is 33.9 Å². The van der Waals surface area contributed by atoms with E-state index < -0.39 is 4.92 Å². The summed E-state index contributed by atoms with van der Waals surface area (Å²) in [5.74, 6) is 1.41. The number of benzene rings is 1. The van der Waals surface area contributed by atoms with Crippen LogP contribution in [0.4, 0.5) is 11.4 Å². The van der Waals surface area contributed by atoms with Gasteiger partial charge in [-0.15, -0.1) is 0 Å². The molecular formula is C12H13N3O2. The van der Waals surface area contributed by atoms with Gasteiger partial charge in [0.1, 0.15) is 6.07 Å². The molecule has 1 aromatic rings. The molecule has 0 aromatic heterocycles. The third kappa shape index (κ3) is 2.53. The summed E-state index contributed by atoms with van der Waals surface area (Å²) in [6.45, 7) is 3.01. The molecule has 0 spiro atoms. The van der Waals surface area contributed by atoms with Crippen LogP contribution in [-0.4, -0.2) is 11.5 Å². The highest BCUT2D eigenvalue weighted by Gasteiger charge is 2.32. The minimum Gasteiger partial charge on any atom is -0.384 e. The number of anilines is 1. The molecule has 0 heterocycles. The largest absolute Gasteiger partial charge is 0.384 e. The van der Waals surface area contributed by atoms with Crippen molar-refractivity contribution in [1.29, 1.82) is 5.26 Å². The number of nitrogens with zero attached hydrogens (tertiary/aromatic N) is 2. The average Bonchev–Trinajstić information content (AvgIpc) is 3.02. The molecule has 0 saturated heterocycles. The molecule has 2 unspecified atom stereocenters. The molecule has 1 aliphatic carbocycles. The SMILES string of the molecule is CC1CC1CNc1ccc([N+](=O)[O-])cc1C#N. The van der Waals surface area contributed by atoms with Crippen LogP contribution >= 0.6 is 0 Å². The summed E-state index contributed by atoms with van der Waals surface area (Å²) in [4.78, 5) is 10.1. The van der Waals surface area contributed by atoms with Crippen molar-refractivity contribution < 1.29 is 4.92 Å². The molecule has 5 nitrogen and oxygen atoms in total.